The molecule has 1 unspecified atom stereocenters. The number of hydrogen-bond acceptors (Lipinski definition) is 4. The largest absolute Gasteiger partial charge is 0.493 e. The molecule has 0 aliphatic carbocycles. The standard InChI is InChI=1S/C18H17ClFNO4/c1-12(18(23)21-13-7-8-16(20)15(19)11-13)25-17(22)9-10-24-14-5-3-2-4-6-14/h2-8,11-12H,9-10H2,1H3,(H,21,23). The predicted molar refractivity (Wildman–Crippen MR) is 92.1 cm³/mol. The molecule has 132 valence electrons. The Labute approximate surface area is 149 Å². The highest BCUT2D eigenvalue weighted by atomic mass is 35.5. The van der Waals surface area contributed by atoms with Crippen LogP contribution in [0, 0.1) is 5.82 Å². The highest BCUT2D eigenvalue weighted by molar-refractivity contribution is 6.31. The lowest BCUT2D eigenvalue weighted by Crippen LogP contribution is -2.30. The van der Waals surface area contributed by atoms with Crippen molar-refractivity contribution in [2.75, 3.05) is 11.9 Å². The SMILES string of the molecule is CC(OC(=O)CCOc1ccccc1)C(=O)Nc1ccc(F)c(Cl)c1. The van der Waals surface area contributed by atoms with Crippen molar-refractivity contribution in [3.8, 4) is 5.75 Å². The van der Waals surface area contributed by atoms with Gasteiger partial charge in [-0.1, -0.05) is 29.8 Å². The molecule has 0 aliphatic heterocycles. The lowest BCUT2D eigenvalue weighted by molar-refractivity contribution is -0.153. The number of nitrogens with one attached hydrogen (secondary N) is 1. The van der Waals surface area contributed by atoms with Crippen LogP contribution in [-0.2, 0) is 14.3 Å². The average Bonchev–Trinajstić information content (AvgIpc) is 2.59. The van der Waals surface area contributed by atoms with Gasteiger partial charge < -0.3 is 14.8 Å². The molecule has 0 fully saturated rings. The Kier molecular flexibility index (Phi) is 6.77. The van der Waals surface area contributed by atoms with Crippen molar-refractivity contribution in [1.29, 1.82) is 0 Å². The third kappa shape index (κ3) is 6.08. The fourth-order valence-corrected chi connectivity index (χ4v) is 2.08. The number of carbonyl (C=O) groups is 2. The zero-order valence-electron chi connectivity index (χ0n) is 13.5. The Bertz CT molecular complexity index is 739. The number of anilines is 1. The molecule has 0 spiro atoms. The molecule has 0 aromatic heterocycles. The maximum absolute atomic E-state index is 13.1. The van der Waals surface area contributed by atoms with Crippen molar-refractivity contribution >= 4 is 29.2 Å². The number of benzene rings is 2. The Morgan fingerprint density at radius 3 is 2.60 bits per heavy atom. The van der Waals surface area contributed by atoms with Crippen LogP contribution in [-0.4, -0.2) is 24.6 Å². The van der Waals surface area contributed by atoms with Crippen LogP contribution < -0.4 is 10.1 Å². The van der Waals surface area contributed by atoms with Gasteiger partial charge in [0.05, 0.1) is 18.1 Å². The second-order valence-corrected chi connectivity index (χ2v) is 5.57. The fourth-order valence-electron chi connectivity index (χ4n) is 1.90. The normalized spacial score (nSPS) is 11.5. The minimum atomic E-state index is -1.01. The van der Waals surface area contributed by atoms with Crippen molar-refractivity contribution in [2.45, 2.75) is 19.4 Å². The summed E-state index contributed by atoms with van der Waals surface area (Å²) in [7, 11) is 0. The molecule has 0 aliphatic rings. The van der Waals surface area contributed by atoms with Gasteiger partial charge in [0.25, 0.3) is 5.91 Å². The van der Waals surface area contributed by atoms with Crippen molar-refractivity contribution in [1.82, 2.24) is 0 Å². The minimum Gasteiger partial charge on any atom is -0.493 e. The van der Waals surface area contributed by atoms with Gasteiger partial charge in [-0.3, -0.25) is 9.59 Å². The van der Waals surface area contributed by atoms with Gasteiger partial charge in [-0.25, -0.2) is 4.39 Å². The number of ether oxygens (including phenoxy) is 2. The number of halogens is 2. The molecule has 7 heteroatoms. The number of carbonyl (C=O) groups excluding carboxylic acids is 2. The Morgan fingerprint density at radius 1 is 1.20 bits per heavy atom. The van der Waals surface area contributed by atoms with Crippen molar-refractivity contribution in [3.05, 3.63) is 59.4 Å². The predicted octanol–water partition coefficient (Wildman–Crippen LogP) is 3.82. The summed E-state index contributed by atoms with van der Waals surface area (Å²) in [5, 5.41) is 2.39. The number of hydrogen-bond donors (Lipinski definition) is 1. The number of esters is 1. The van der Waals surface area contributed by atoms with E-state index in [9.17, 15) is 14.0 Å². The van der Waals surface area contributed by atoms with Crippen molar-refractivity contribution in [2.24, 2.45) is 0 Å². The van der Waals surface area contributed by atoms with Crippen LogP contribution in [0.15, 0.2) is 48.5 Å². The molecule has 2 aromatic rings. The van der Waals surface area contributed by atoms with Gasteiger partial charge >= 0.3 is 5.97 Å². The van der Waals surface area contributed by atoms with Crippen molar-refractivity contribution in [3.63, 3.8) is 0 Å². The fraction of sp³-hybridized carbons (Fsp3) is 0.222. The van der Waals surface area contributed by atoms with E-state index >= 15 is 0 Å². The van der Waals surface area contributed by atoms with Crippen LogP contribution >= 0.6 is 11.6 Å². The monoisotopic (exact) mass is 365 g/mol. The molecule has 1 atom stereocenters. The molecule has 2 aromatic carbocycles. The first kappa shape index (κ1) is 18.7. The third-order valence-electron chi connectivity index (χ3n) is 3.18. The van der Waals surface area contributed by atoms with E-state index in [0.717, 1.165) is 6.07 Å². The van der Waals surface area contributed by atoms with Gasteiger partial charge in [0.2, 0.25) is 0 Å². The van der Waals surface area contributed by atoms with E-state index in [1.54, 1.807) is 12.1 Å². The number of amides is 1. The first-order valence-corrected chi connectivity index (χ1v) is 7.97. The summed E-state index contributed by atoms with van der Waals surface area (Å²) < 4.78 is 23.5. The smallest absolute Gasteiger partial charge is 0.310 e. The molecule has 2 rings (SSSR count). The van der Waals surface area contributed by atoms with Crippen LogP contribution in [0.4, 0.5) is 10.1 Å². The quantitative estimate of drug-likeness (QED) is 0.757. The van der Waals surface area contributed by atoms with Crippen LogP contribution in [0.5, 0.6) is 5.75 Å². The van der Waals surface area contributed by atoms with E-state index in [0.29, 0.717) is 11.4 Å². The summed E-state index contributed by atoms with van der Waals surface area (Å²) in [5.74, 6) is -1.04. The van der Waals surface area contributed by atoms with Gasteiger partial charge in [0.1, 0.15) is 11.6 Å². The molecule has 0 saturated heterocycles. The zero-order chi connectivity index (χ0) is 18.2. The van der Waals surface area contributed by atoms with Crippen LogP contribution in [0.3, 0.4) is 0 Å². The first-order valence-electron chi connectivity index (χ1n) is 7.59. The molecule has 25 heavy (non-hydrogen) atoms. The lowest BCUT2D eigenvalue weighted by Gasteiger charge is -2.14. The van der Waals surface area contributed by atoms with E-state index in [1.807, 2.05) is 18.2 Å². The number of rotatable bonds is 7. The summed E-state index contributed by atoms with van der Waals surface area (Å²) in [6, 6.07) is 12.8. The maximum Gasteiger partial charge on any atom is 0.310 e. The second-order valence-electron chi connectivity index (χ2n) is 5.16. The highest BCUT2D eigenvalue weighted by Crippen LogP contribution is 2.19. The minimum absolute atomic E-state index is 0.00882. The van der Waals surface area contributed by atoms with E-state index in [2.05, 4.69) is 5.32 Å². The summed E-state index contributed by atoms with van der Waals surface area (Å²) >= 11 is 5.64. The highest BCUT2D eigenvalue weighted by Gasteiger charge is 2.18. The molecule has 1 amide bonds. The topological polar surface area (TPSA) is 64.6 Å². The van der Waals surface area contributed by atoms with Gasteiger partial charge in [0, 0.05) is 5.69 Å². The van der Waals surface area contributed by atoms with E-state index in [-0.39, 0.29) is 18.1 Å². The summed E-state index contributed by atoms with van der Waals surface area (Å²) in [4.78, 5) is 23.7. The summed E-state index contributed by atoms with van der Waals surface area (Å²) in [6.45, 7) is 1.58. The molecular formula is C18H17ClFNO4. The third-order valence-corrected chi connectivity index (χ3v) is 3.47. The molecule has 5 nitrogen and oxygen atoms in total. The Balaban J connectivity index is 1.75. The van der Waals surface area contributed by atoms with Crippen molar-refractivity contribution < 1.29 is 23.5 Å². The zero-order valence-corrected chi connectivity index (χ0v) is 14.3. The van der Waals surface area contributed by atoms with Crippen LogP contribution in [0.2, 0.25) is 5.02 Å². The molecule has 0 saturated carbocycles. The second kappa shape index (κ2) is 9.03. The Morgan fingerprint density at radius 2 is 1.92 bits per heavy atom. The first-order chi connectivity index (χ1) is 12.0. The Hall–Kier alpha value is -2.60. The average molecular weight is 366 g/mol. The molecule has 1 N–H and O–H groups in total. The lowest BCUT2D eigenvalue weighted by atomic mass is 10.3. The van der Waals surface area contributed by atoms with E-state index in [4.69, 9.17) is 21.1 Å². The van der Waals surface area contributed by atoms with E-state index < -0.39 is 23.8 Å². The van der Waals surface area contributed by atoms with Gasteiger partial charge in [0.15, 0.2) is 6.10 Å². The van der Waals surface area contributed by atoms with Crippen LogP contribution in [0.25, 0.3) is 0 Å². The molecule has 0 bridgehead atoms. The summed E-state index contributed by atoms with van der Waals surface area (Å²) in [5.41, 5.74) is 0.312. The molecule has 0 radical (unpaired) electrons. The van der Waals surface area contributed by atoms with Gasteiger partial charge in [-0.2, -0.15) is 0 Å². The maximum atomic E-state index is 13.1. The number of para-hydroxylation sites is 1. The van der Waals surface area contributed by atoms with Crippen LogP contribution in [0.1, 0.15) is 13.3 Å². The van der Waals surface area contributed by atoms with Gasteiger partial charge in [-0.05, 0) is 37.3 Å². The van der Waals surface area contributed by atoms with E-state index in [1.165, 1.54) is 19.1 Å². The molecular weight excluding hydrogens is 349 g/mol. The summed E-state index contributed by atoms with van der Waals surface area (Å²) in [6.07, 6.45) is -0.998. The molecule has 0 heterocycles. The van der Waals surface area contributed by atoms with Gasteiger partial charge in [-0.15, -0.1) is 0 Å².